The molecular weight excluding hydrogens is 419 g/mol. The Hall–Kier alpha value is -1.93. The minimum Gasteiger partial charge on any atom is -0.381 e. The van der Waals surface area contributed by atoms with Crippen LogP contribution in [0.5, 0.6) is 0 Å². The van der Waals surface area contributed by atoms with Crippen molar-refractivity contribution in [2.45, 2.75) is 63.7 Å². The lowest BCUT2D eigenvalue weighted by molar-refractivity contribution is -0.137. The van der Waals surface area contributed by atoms with Crippen LogP contribution in [0.4, 0.5) is 13.2 Å². The Balaban J connectivity index is 1.31. The molecule has 0 spiro atoms. The molecule has 4 unspecified atom stereocenters. The number of halogens is 3. The van der Waals surface area contributed by atoms with Gasteiger partial charge >= 0.3 is 6.18 Å². The van der Waals surface area contributed by atoms with Crippen molar-refractivity contribution >= 4 is 11.5 Å². The molecule has 4 rings (SSSR count). The molecule has 1 aromatic heterocycles. The highest BCUT2D eigenvalue weighted by Gasteiger charge is 2.36. The van der Waals surface area contributed by atoms with Gasteiger partial charge in [-0.1, -0.05) is 13.0 Å². The van der Waals surface area contributed by atoms with E-state index >= 15 is 0 Å². The predicted molar refractivity (Wildman–Crippen MR) is 116 cm³/mol. The summed E-state index contributed by atoms with van der Waals surface area (Å²) in [7, 11) is 0. The van der Waals surface area contributed by atoms with Gasteiger partial charge in [-0.2, -0.15) is 13.2 Å². The van der Waals surface area contributed by atoms with E-state index < -0.39 is 11.7 Å². The van der Waals surface area contributed by atoms with Crippen LogP contribution in [0, 0.1) is 11.8 Å². The van der Waals surface area contributed by atoms with Crippen molar-refractivity contribution in [3.63, 3.8) is 0 Å². The van der Waals surface area contributed by atoms with Gasteiger partial charge in [0.05, 0.1) is 17.9 Å². The van der Waals surface area contributed by atoms with Crippen LogP contribution in [0.15, 0.2) is 24.4 Å². The number of ether oxygens (including phenoxy) is 1. The molecule has 32 heavy (non-hydrogen) atoms. The zero-order valence-corrected chi connectivity index (χ0v) is 18.5. The zero-order chi connectivity index (χ0) is 22.7. The number of alkyl halides is 3. The summed E-state index contributed by atoms with van der Waals surface area (Å²) in [6, 6.07) is 2.91. The summed E-state index contributed by atoms with van der Waals surface area (Å²) in [5.41, 5.74) is 0.427. The van der Waals surface area contributed by atoms with Crippen molar-refractivity contribution < 1.29 is 22.7 Å². The van der Waals surface area contributed by atoms with Gasteiger partial charge in [-0.25, -0.2) is 0 Å². The molecule has 0 radical (unpaired) electrons. The maximum absolute atomic E-state index is 13.1. The van der Waals surface area contributed by atoms with Gasteiger partial charge in [0.2, 0.25) is 5.91 Å². The standard InChI is InChI=1S/C24H32F3N3O2/c1-2-16-15-32-12-8-21(16)29-20-4-3-18(13-20)23(31)30-10-6-17(7-11-30)22-14-19(5-9-28-22)24(25,26)27/h5-6,9,14,16,18,20-21,29H,2-4,7-8,10-13,15H2,1H3. The summed E-state index contributed by atoms with van der Waals surface area (Å²) < 4.78 is 44.6. The Labute approximate surface area is 187 Å². The van der Waals surface area contributed by atoms with Gasteiger partial charge < -0.3 is 15.0 Å². The Kier molecular flexibility index (Phi) is 7.20. The fraction of sp³-hybridized carbons (Fsp3) is 0.667. The summed E-state index contributed by atoms with van der Waals surface area (Å²) >= 11 is 0. The number of carbonyl (C=O) groups excluding carboxylic acids is 1. The Bertz CT molecular complexity index is 842. The van der Waals surface area contributed by atoms with E-state index in [4.69, 9.17) is 4.74 Å². The van der Waals surface area contributed by atoms with E-state index in [1.165, 1.54) is 6.20 Å². The number of hydrogen-bond acceptors (Lipinski definition) is 4. The molecule has 0 bridgehead atoms. The Morgan fingerprint density at radius 2 is 2.16 bits per heavy atom. The average Bonchev–Trinajstić information content (AvgIpc) is 3.27. The molecule has 3 aliphatic rings. The fourth-order valence-corrected chi connectivity index (χ4v) is 5.22. The van der Waals surface area contributed by atoms with Gasteiger partial charge in [0.25, 0.3) is 0 Å². The van der Waals surface area contributed by atoms with Crippen molar-refractivity contribution in [3.05, 3.63) is 35.7 Å². The van der Waals surface area contributed by atoms with Gasteiger partial charge in [0.1, 0.15) is 0 Å². The van der Waals surface area contributed by atoms with Crippen molar-refractivity contribution in [2.75, 3.05) is 26.3 Å². The number of rotatable bonds is 5. The number of hydrogen-bond donors (Lipinski definition) is 1. The van der Waals surface area contributed by atoms with E-state index in [-0.39, 0.29) is 11.8 Å². The van der Waals surface area contributed by atoms with Crippen LogP contribution in [0.3, 0.4) is 0 Å². The number of pyridine rings is 1. The molecule has 1 aromatic rings. The van der Waals surface area contributed by atoms with Gasteiger partial charge in [-0.05, 0) is 62.1 Å². The first-order valence-electron chi connectivity index (χ1n) is 11.7. The van der Waals surface area contributed by atoms with Crippen molar-refractivity contribution in [1.29, 1.82) is 0 Å². The molecule has 1 N–H and O–H groups in total. The number of nitrogens with zero attached hydrogens (tertiary/aromatic N) is 2. The van der Waals surface area contributed by atoms with Gasteiger partial charge in [0, 0.05) is 43.9 Å². The van der Waals surface area contributed by atoms with Gasteiger partial charge in [-0.15, -0.1) is 0 Å². The summed E-state index contributed by atoms with van der Waals surface area (Å²) in [5.74, 6) is 0.725. The lowest BCUT2D eigenvalue weighted by atomic mass is 9.92. The van der Waals surface area contributed by atoms with E-state index in [9.17, 15) is 18.0 Å². The Morgan fingerprint density at radius 3 is 2.88 bits per heavy atom. The zero-order valence-electron chi connectivity index (χ0n) is 18.5. The molecular formula is C24H32F3N3O2. The number of nitrogens with one attached hydrogen (secondary N) is 1. The van der Waals surface area contributed by atoms with E-state index in [0.717, 1.165) is 63.0 Å². The minimum absolute atomic E-state index is 0.0223. The normalized spacial score (nSPS) is 29.1. The molecule has 4 atom stereocenters. The second-order valence-corrected chi connectivity index (χ2v) is 9.20. The maximum atomic E-state index is 13.1. The van der Waals surface area contributed by atoms with Crippen LogP contribution >= 0.6 is 0 Å². The number of carbonyl (C=O) groups is 1. The van der Waals surface area contributed by atoms with Gasteiger partial charge in [-0.3, -0.25) is 9.78 Å². The van der Waals surface area contributed by atoms with Crippen LogP contribution in [-0.2, 0) is 15.7 Å². The molecule has 176 valence electrons. The third kappa shape index (κ3) is 5.34. The van der Waals surface area contributed by atoms with Crippen molar-refractivity contribution in [3.8, 4) is 0 Å². The molecule has 2 fully saturated rings. The second-order valence-electron chi connectivity index (χ2n) is 9.20. The molecule has 3 heterocycles. The Morgan fingerprint density at radius 1 is 1.31 bits per heavy atom. The van der Waals surface area contributed by atoms with E-state index in [0.29, 0.717) is 43.2 Å². The molecule has 1 saturated heterocycles. The monoisotopic (exact) mass is 451 g/mol. The predicted octanol–water partition coefficient (Wildman–Crippen LogP) is 4.29. The second kappa shape index (κ2) is 9.91. The fourth-order valence-electron chi connectivity index (χ4n) is 5.22. The first-order chi connectivity index (χ1) is 15.3. The average molecular weight is 452 g/mol. The van der Waals surface area contributed by atoms with E-state index in [1.54, 1.807) is 0 Å². The molecule has 1 amide bonds. The maximum Gasteiger partial charge on any atom is 0.416 e. The van der Waals surface area contributed by atoms with Crippen molar-refractivity contribution in [1.82, 2.24) is 15.2 Å². The lowest BCUT2D eigenvalue weighted by Crippen LogP contribution is -2.46. The minimum atomic E-state index is -4.39. The highest BCUT2D eigenvalue weighted by Crippen LogP contribution is 2.33. The summed E-state index contributed by atoms with van der Waals surface area (Å²) in [6.07, 6.45) is 4.05. The third-order valence-corrected chi connectivity index (χ3v) is 7.17. The molecule has 8 heteroatoms. The van der Waals surface area contributed by atoms with Crippen LogP contribution in [0.1, 0.15) is 56.7 Å². The van der Waals surface area contributed by atoms with Crippen LogP contribution in [0.2, 0.25) is 0 Å². The third-order valence-electron chi connectivity index (χ3n) is 7.17. The molecule has 1 saturated carbocycles. The number of amides is 1. The van der Waals surface area contributed by atoms with Crippen molar-refractivity contribution in [2.24, 2.45) is 11.8 Å². The van der Waals surface area contributed by atoms with Gasteiger partial charge in [0.15, 0.2) is 0 Å². The highest BCUT2D eigenvalue weighted by atomic mass is 19.4. The largest absolute Gasteiger partial charge is 0.416 e. The smallest absolute Gasteiger partial charge is 0.381 e. The molecule has 5 nitrogen and oxygen atoms in total. The first kappa shape index (κ1) is 23.2. The van der Waals surface area contributed by atoms with Crippen LogP contribution in [0.25, 0.3) is 5.57 Å². The number of aromatic nitrogens is 1. The van der Waals surface area contributed by atoms with Crippen LogP contribution < -0.4 is 5.32 Å². The van der Waals surface area contributed by atoms with Crippen LogP contribution in [-0.4, -0.2) is 54.2 Å². The highest BCUT2D eigenvalue weighted by molar-refractivity contribution is 5.80. The molecule has 2 aliphatic heterocycles. The quantitative estimate of drug-likeness (QED) is 0.726. The lowest BCUT2D eigenvalue weighted by Gasteiger charge is -2.34. The first-order valence-corrected chi connectivity index (χ1v) is 11.7. The van der Waals surface area contributed by atoms with E-state index in [1.807, 2.05) is 11.0 Å². The topological polar surface area (TPSA) is 54.5 Å². The SMILES string of the molecule is CCC1COCCC1NC1CCC(C(=O)N2CC=C(c3cc(C(F)(F)F)ccn3)CC2)C1. The molecule has 1 aliphatic carbocycles. The summed E-state index contributed by atoms with van der Waals surface area (Å²) in [5, 5.41) is 3.79. The molecule has 0 aromatic carbocycles. The summed E-state index contributed by atoms with van der Waals surface area (Å²) in [6.45, 7) is 4.76. The van der Waals surface area contributed by atoms with E-state index in [2.05, 4.69) is 17.2 Å². The summed E-state index contributed by atoms with van der Waals surface area (Å²) in [4.78, 5) is 19.0.